The average molecular weight is 396 g/mol. The molecule has 26 heavy (non-hydrogen) atoms. The standard InChI is InChI=1S/C15H16N4O5S2/c1-3-13-17-18-15(25-13)19-26(22,23)11-6-4-10(5-7-11)16-12(20)8-9-14(21)24-2/h4-9H,3H2,1-2H3,(H,16,20)(H,18,19)/b9-8-. The van der Waals surface area contributed by atoms with Crippen molar-refractivity contribution < 1.29 is 22.7 Å². The number of carbonyl (C=O) groups excluding carboxylic acids is 2. The highest BCUT2D eigenvalue weighted by Crippen LogP contribution is 2.21. The number of sulfonamides is 1. The SMILES string of the molecule is CCc1nnc(NS(=O)(=O)c2ccc(NC(=O)/C=C\C(=O)OC)cc2)s1. The first kappa shape index (κ1) is 19.5. The number of aryl methyl sites for hydroxylation is 1. The van der Waals surface area contributed by atoms with E-state index in [9.17, 15) is 18.0 Å². The molecular weight excluding hydrogens is 380 g/mol. The number of hydrogen-bond donors (Lipinski definition) is 2. The number of rotatable bonds is 7. The molecule has 0 aliphatic carbocycles. The largest absolute Gasteiger partial charge is 0.466 e. The van der Waals surface area contributed by atoms with Gasteiger partial charge < -0.3 is 10.1 Å². The molecule has 0 aliphatic rings. The Morgan fingerprint density at radius 1 is 1.19 bits per heavy atom. The summed E-state index contributed by atoms with van der Waals surface area (Å²) in [5.41, 5.74) is 0.368. The average Bonchev–Trinajstić information content (AvgIpc) is 3.07. The molecule has 0 bridgehead atoms. The van der Waals surface area contributed by atoms with Gasteiger partial charge in [0.2, 0.25) is 11.0 Å². The molecule has 0 saturated heterocycles. The lowest BCUT2D eigenvalue weighted by molar-refractivity contribution is -0.135. The van der Waals surface area contributed by atoms with Crippen LogP contribution in [0.4, 0.5) is 10.8 Å². The highest BCUT2D eigenvalue weighted by atomic mass is 32.2. The van der Waals surface area contributed by atoms with E-state index in [1.807, 2.05) is 6.92 Å². The van der Waals surface area contributed by atoms with Crippen molar-refractivity contribution in [3.05, 3.63) is 41.4 Å². The minimum Gasteiger partial charge on any atom is -0.466 e. The van der Waals surface area contributed by atoms with Crippen LogP contribution in [0.2, 0.25) is 0 Å². The van der Waals surface area contributed by atoms with Crippen molar-refractivity contribution in [1.82, 2.24) is 10.2 Å². The van der Waals surface area contributed by atoms with Crippen LogP contribution in [0, 0.1) is 0 Å². The lowest BCUT2D eigenvalue weighted by atomic mass is 10.3. The zero-order chi connectivity index (χ0) is 19.2. The van der Waals surface area contributed by atoms with E-state index in [-0.39, 0.29) is 10.0 Å². The van der Waals surface area contributed by atoms with Crippen LogP contribution in [0.5, 0.6) is 0 Å². The molecule has 0 unspecified atom stereocenters. The number of ether oxygens (including phenoxy) is 1. The third-order valence-corrected chi connectivity index (χ3v) is 5.46. The molecule has 0 aliphatic heterocycles. The first-order valence-electron chi connectivity index (χ1n) is 7.36. The van der Waals surface area contributed by atoms with Crippen molar-refractivity contribution >= 4 is 44.1 Å². The molecule has 1 heterocycles. The van der Waals surface area contributed by atoms with Gasteiger partial charge in [-0.1, -0.05) is 18.3 Å². The van der Waals surface area contributed by atoms with Gasteiger partial charge in [0, 0.05) is 17.8 Å². The Kier molecular flexibility index (Phi) is 6.41. The van der Waals surface area contributed by atoms with Crippen molar-refractivity contribution in [1.29, 1.82) is 0 Å². The molecule has 9 nitrogen and oxygen atoms in total. The van der Waals surface area contributed by atoms with Crippen LogP contribution < -0.4 is 10.0 Å². The summed E-state index contributed by atoms with van der Waals surface area (Å²) in [5, 5.41) is 11.0. The van der Waals surface area contributed by atoms with Crippen LogP contribution in [0.15, 0.2) is 41.3 Å². The van der Waals surface area contributed by atoms with Crippen LogP contribution in [-0.2, 0) is 30.8 Å². The normalized spacial score (nSPS) is 11.3. The van der Waals surface area contributed by atoms with Crippen molar-refractivity contribution in [2.24, 2.45) is 0 Å². The Morgan fingerprint density at radius 3 is 2.46 bits per heavy atom. The predicted octanol–water partition coefficient (Wildman–Crippen LogP) is 1.57. The topological polar surface area (TPSA) is 127 Å². The molecule has 138 valence electrons. The maximum atomic E-state index is 12.3. The zero-order valence-corrected chi connectivity index (χ0v) is 15.6. The van der Waals surface area contributed by atoms with Gasteiger partial charge in [0.25, 0.3) is 10.0 Å². The van der Waals surface area contributed by atoms with Crippen LogP contribution >= 0.6 is 11.3 Å². The fourth-order valence-electron chi connectivity index (χ4n) is 1.72. The maximum absolute atomic E-state index is 12.3. The van der Waals surface area contributed by atoms with E-state index in [4.69, 9.17) is 0 Å². The van der Waals surface area contributed by atoms with Gasteiger partial charge in [-0.3, -0.25) is 9.52 Å². The second-order valence-corrected chi connectivity index (χ2v) is 7.57. The third-order valence-electron chi connectivity index (χ3n) is 3.00. The molecular formula is C15H16N4O5S2. The van der Waals surface area contributed by atoms with E-state index in [0.717, 1.165) is 28.5 Å². The second-order valence-electron chi connectivity index (χ2n) is 4.83. The zero-order valence-electron chi connectivity index (χ0n) is 13.9. The van der Waals surface area contributed by atoms with Crippen molar-refractivity contribution in [2.75, 3.05) is 17.1 Å². The van der Waals surface area contributed by atoms with Gasteiger partial charge in [-0.05, 0) is 30.7 Å². The van der Waals surface area contributed by atoms with Gasteiger partial charge in [0.1, 0.15) is 5.01 Å². The highest BCUT2D eigenvalue weighted by Gasteiger charge is 2.16. The van der Waals surface area contributed by atoms with E-state index < -0.39 is 21.9 Å². The van der Waals surface area contributed by atoms with Crippen molar-refractivity contribution in [2.45, 2.75) is 18.2 Å². The van der Waals surface area contributed by atoms with Gasteiger partial charge >= 0.3 is 5.97 Å². The van der Waals surface area contributed by atoms with Gasteiger partial charge in [-0.15, -0.1) is 10.2 Å². The maximum Gasteiger partial charge on any atom is 0.330 e. The molecule has 11 heteroatoms. The summed E-state index contributed by atoms with van der Waals surface area (Å²) < 4.78 is 31.4. The summed E-state index contributed by atoms with van der Waals surface area (Å²) in [5.74, 6) is -1.21. The third kappa shape index (κ3) is 5.36. The number of anilines is 2. The van der Waals surface area contributed by atoms with E-state index in [0.29, 0.717) is 12.1 Å². The molecule has 2 aromatic rings. The van der Waals surface area contributed by atoms with Gasteiger partial charge in [-0.25, -0.2) is 13.2 Å². The van der Waals surface area contributed by atoms with Gasteiger partial charge in [0.05, 0.1) is 12.0 Å². The van der Waals surface area contributed by atoms with Crippen LogP contribution in [0.3, 0.4) is 0 Å². The molecule has 0 radical (unpaired) electrons. The summed E-state index contributed by atoms with van der Waals surface area (Å²) in [6.45, 7) is 1.90. The number of benzene rings is 1. The molecule has 1 aromatic heterocycles. The fraction of sp³-hybridized carbons (Fsp3) is 0.200. The molecule has 2 N–H and O–H groups in total. The summed E-state index contributed by atoms with van der Waals surface area (Å²) in [4.78, 5) is 22.6. The Hall–Kier alpha value is -2.79. The minimum absolute atomic E-state index is 0.00819. The molecule has 0 atom stereocenters. The molecule has 1 amide bonds. The first-order chi connectivity index (χ1) is 12.3. The number of hydrogen-bond acceptors (Lipinski definition) is 8. The van der Waals surface area contributed by atoms with Crippen molar-refractivity contribution in [3.63, 3.8) is 0 Å². The fourth-order valence-corrected chi connectivity index (χ4v) is 3.63. The second kappa shape index (κ2) is 8.54. The minimum atomic E-state index is -3.81. The lowest BCUT2D eigenvalue weighted by Gasteiger charge is -2.06. The summed E-state index contributed by atoms with van der Waals surface area (Å²) in [6, 6.07) is 5.53. The highest BCUT2D eigenvalue weighted by molar-refractivity contribution is 7.93. The Balaban J connectivity index is 2.04. The van der Waals surface area contributed by atoms with Crippen LogP contribution in [-0.4, -0.2) is 37.6 Å². The smallest absolute Gasteiger partial charge is 0.330 e. The van der Waals surface area contributed by atoms with Crippen LogP contribution in [0.25, 0.3) is 0 Å². The summed E-state index contributed by atoms with van der Waals surface area (Å²) in [6.07, 6.45) is 2.65. The van der Waals surface area contributed by atoms with E-state index in [2.05, 4.69) is 25.0 Å². The number of esters is 1. The number of amides is 1. The predicted molar refractivity (Wildman–Crippen MR) is 96.3 cm³/mol. The number of methoxy groups -OCH3 is 1. The van der Waals surface area contributed by atoms with Crippen LogP contribution in [0.1, 0.15) is 11.9 Å². The van der Waals surface area contributed by atoms with Crippen molar-refractivity contribution in [3.8, 4) is 0 Å². The number of nitrogens with one attached hydrogen (secondary N) is 2. The molecule has 0 spiro atoms. The lowest BCUT2D eigenvalue weighted by Crippen LogP contribution is -2.13. The number of carbonyl (C=O) groups is 2. The molecule has 0 fully saturated rings. The Bertz CT molecular complexity index is 920. The number of nitrogens with zero attached hydrogens (tertiary/aromatic N) is 2. The quantitative estimate of drug-likeness (QED) is 0.537. The van der Waals surface area contributed by atoms with Gasteiger partial charge in [0.15, 0.2) is 0 Å². The first-order valence-corrected chi connectivity index (χ1v) is 9.66. The Labute approximate surface area is 154 Å². The van der Waals surface area contributed by atoms with Gasteiger partial charge in [-0.2, -0.15) is 0 Å². The summed E-state index contributed by atoms with van der Waals surface area (Å²) >= 11 is 1.16. The monoisotopic (exact) mass is 396 g/mol. The molecule has 2 rings (SSSR count). The van der Waals surface area contributed by atoms with E-state index in [1.165, 1.54) is 31.4 Å². The molecule has 0 saturated carbocycles. The van der Waals surface area contributed by atoms with E-state index in [1.54, 1.807) is 0 Å². The summed E-state index contributed by atoms with van der Waals surface area (Å²) in [7, 11) is -2.61. The molecule has 1 aromatic carbocycles. The van der Waals surface area contributed by atoms with E-state index >= 15 is 0 Å². The number of aromatic nitrogens is 2. The Morgan fingerprint density at radius 2 is 1.88 bits per heavy atom.